The van der Waals surface area contributed by atoms with Crippen molar-refractivity contribution in [1.29, 1.82) is 0 Å². The van der Waals surface area contributed by atoms with Gasteiger partial charge in [-0.2, -0.15) is 0 Å². The lowest BCUT2D eigenvalue weighted by atomic mass is 9.99. The number of carbonyl (C=O) groups is 3. The Balaban J connectivity index is 1.36. The molecular weight excluding hydrogens is 466 g/mol. The van der Waals surface area contributed by atoms with Gasteiger partial charge in [0.2, 0.25) is 0 Å². The number of hydrogen-bond acceptors (Lipinski definition) is 5. The predicted molar refractivity (Wildman–Crippen MR) is 133 cm³/mol. The van der Waals surface area contributed by atoms with E-state index in [1.54, 1.807) is 53.4 Å². The summed E-state index contributed by atoms with van der Waals surface area (Å²) < 4.78 is 5.29. The second-order valence-electron chi connectivity index (χ2n) is 8.26. The number of nitrogens with zero attached hydrogens (tertiary/aromatic N) is 2. The SMILES string of the molecule is COc1ccccc1N1C(=O)C(Cl)=C(Nc2cccc(C(=O)N3CCc4ccccc4C3)c2)C1=O. The molecule has 2 aliphatic heterocycles. The highest BCUT2D eigenvalue weighted by Gasteiger charge is 2.40. The van der Waals surface area contributed by atoms with Crippen LogP contribution in [0.15, 0.2) is 83.5 Å². The molecule has 3 amide bonds. The van der Waals surface area contributed by atoms with E-state index in [2.05, 4.69) is 11.4 Å². The number of ether oxygens (including phenoxy) is 1. The van der Waals surface area contributed by atoms with E-state index in [-0.39, 0.29) is 16.6 Å². The standard InChI is InChI=1S/C27H22ClN3O4/c1-35-22-12-5-4-11-21(22)31-26(33)23(28)24(27(31)34)29-20-10-6-9-18(15-20)25(32)30-14-13-17-7-2-3-8-19(17)16-30/h2-12,15,29H,13-14,16H2,1H3. The smallest absolute Gasteiger partial charge is 0.283 e. The van der Waals surface area contributed by atoms with Crippen LogP contribution < -0.4 is 15.0 Å². The Hall–Kier alpha value is -4.10. The Morgan fingerprint density at radius 1 is 0.943 bits per heavy atom. The molecule has 0 unspecified atom stereocenters. The molecule has 3 aromatic rings. The van der Waals surface area contributed by atoms with Crippen molar-refractivity contribution in [3.63, 3.8) is 0 Å². The van der Waals surface area contributed by atoms with Crippen molar-refractivity contribution in [3.05, 3.63) is 100 Å². The third-order valence-electron chi connectivity index (χ3n) is 6.15. The number of nitrogens with one attached hydrogen (secondary N) is 1. The molecule has 7 nitrogen and oxygen atoms in total. The first kappa shape index (κ1) is 22.7. The second-order valence-corrected chi connectivity index (χ2v) is 8.64. The maximum Gasteiger partial charge on any atom is 0.283 e. The number of benzene rings is 3. The number of imide groups is 1. The van der Waals surface area contributed by atoms with Crippen molar-refractivity contribution < 1.29 is 19.1 Å². The number of carbonyl (C=O) groups excluding carboxylic acids is 3. The Labute approximate surface area is 207 Å². The highest BCUT2D eigenvalue weighted by atomic mass is 35.5. The van der Waals surface area contributed by atoms with Crippen LogP contribution in [0.1, 0.15) is 21.5 Å². The molecule has 2 heterocycles. The summed E-state index contributed by atoms with van der Waals surface area (Å²) in [5.41, 5.74) is 3.60. The third-order valence-corrected chi connectivity index (χ3v) is 6.50. The predicted octanol–water partition coefficient (Wildman–Crippen LogP) is 4.33. The van der Waals surface area contributed by atoms with Gasteiger partial charge < -0.3 is 15.0 Å². The first-order valence-corrected chi connectivity index (χ1v) is 11.5. The first-order valence-electron chi connectivity index (χ1n) is 11.1. The van der Waals surface area contributed by atoms with E-state index in [1.165, 1.54) is 12.7 Å². The molecule has 0 saturated heterocycles. The van der Waals surface area contributed by atoms with E-state index in [9.17, 15) is 14.4 Å². The number of hydrogen-bond donors (Lipinski definition) is 1. The number of para-hydroxylation sites is 2. The maximum absolute atomic E-state index is 13.2. The number of halogens is 1. The van der Waals surface area contributed by atoms with E-state index in [4.69, 9.17) is 16.3 Å². The zero-order valence-corrected chi connectivity index (χ0v) is 19.7. The molecule has 2 aliphatic rings. The number of anilines is 2. The van der Waals surface area contributed by atoms with Crippen LogP contribution in [-0.4, -0.2) is 36.3 Å². The minimum atomic E-state index is -0.650. The average Bonchev–Trinajstić information content (AvgIpc) is 3.10. The van der Waals surface area contributed by atoms with Crippen LogP contribution in [-0.2, 0) is 22.6 Å². The van der Waals surface area contributed by atoms with Crippen LogP contribution >= 0.6 is 11.6 Å². The summed E-state index contributed by atoms with van der Waals surface area (Å²) in [5.74, 6) is -0.986. The molecule has 0 saturated carbocycles. The van der Waals surface area contributed by atoms with Gasteiger partial charge in [0.05, 0.1) is 12.8 Å². The lowest BCUT2D eigenvalue weighted by molar-refractivity contribution is -0.120. The van der Waals surface area contributed by atoms with Gasteiger partial charge >= 0.3 is 0 Å². The minimum absolute atomic E-state index is 0.0564. The molecular formula is C27H22ClN3O4. The van der Waals surface area contributed by atoms with Crippen LogP contribution in [0.5, 0.6) is 5.75 Å². The molecule has 0 atom stereocenters. The zero-order chi connectivity index (χ0) is 24.5. The minimum Gasteiger partial charge on any atom is -0.495 e. The maximum atomic E-state index is 13.2. The van der Waals surface area contributed by atoms with Gasteiger partial charge in [0.25, 0.3) is 17.7 Å². The summed E-state index contributed by atoms with van der Waals surface area (Å²) in [6.07, 6.45) is 0.803. The largest absolute Gasteiger partial charge is 0.495 e. The van der Waals surface area contributed by atoms with Gasteiger partial charge in [0.1, 0.15) is 16.5 Å². The van der Waals surface area contributed by atoms with Crippen LogP contribution in [0.4, 0.5) is 11.4 Å². The number of amides is 3. The Morgan fingerprint density at radius 3 is 2.49 bits per heavy atom. The van der Waals surface area contributed by atoms with Gasteiger partial charge in [-0.3, -0.25) is 14.4 Å². The summed E-state index contributed by atoms with van der Waals surface area (Å²) in [4.78, 5) is 42.0. The molecule has 0 aliphatic carbocycles. The molecule has 0 radical (unpaired) electrons. The lowest BCUT2D eigenvalue weighted by Gasteiger charge is -2.29. The quantitative estimate of drug-likeness (QED) is 0.542. The van der Waals surface area contributed by atoms with E-state index in [1.807, 2.05) is 18.2 Å². The Kier molecular flexibility index (Phi) is 6.01. The average molecular weight is 488 g/mol. The Morgan fingerprint density at radius 2 is 1.69 bits per heavy atom. The fourth-order valence-corrected chi connectivity index (χ4v) is 4.58. The number of methoxy groups -OCH3 is 1. The Bertz CT molecular complexity index is 1380. The van der Waals surface area contributed by atoms with Crippen molar-refractivity contribution in [1.82, 2.24) is 4.90 Å². The fraction of sp³-hybridized carbons (Fsp3) is 0.148. The number of rotatable bonds is 5. The van der Waals surface area contributed by atoms with E-state index in [0.717, 1.165) is 16.9 Å². The van der Waals surface area contributed by atoms with Crippen molar-refractivity contribution in [3.8, 4) is 5.75 Å². The molecule has 0 aromatic heterocycles. The van der Waals surface area contributed by atoms with Crippen molar-refractivity contribution in [2.24, 2.45) is 0 Å². The third kappa shape index (κ3) is 4.15. The highest BCUT2D eigenvalue weighted by molar-refractivity contribution is 6.53. The van der Waals surface area contributed by atoms with Crippen molar-refractivity contribution >= 4 is 40.7 Å². The van der Waals surface area contributed by atoms with Gasteiger partial charge in [-0.15, -0.1) is 0 Å². The number of fused-ring (bicyclic) bond motifs is 1. The van der Waals surface area contributed by atoms with Crippen molar-refractivity contribution in [2.45, 2.75) is 13.0 Å². The van der Waals surface area contributed by atoms with Crippen LogP contribution in [0.2, 0.25) is 0 Å². The lowest BCUT2D eigenvalue weighted by Crippen LogP contribution is -2.36. The molecule has 0 bridgehead atoms. The van der Waals surface area contributed by atoms with Crippen LogP contribution in [0.25, 0.3) is 0 Å². The van der Waals surface area contributed by atoms with Crippen LogP contribution in [0, 0.1) is 0 Å². The second kappa shape index (κ2) is 9.27. The first-order chi connectivity index (χ1) is 17.0. The molecule has 0 spiro atoms. The molecule has 1 N–H and O–H groups in total. The van der Waals surface area contributed by atoms with Gasteiger partial charge in [-0.05, 0) is 47.9 Å². The highest BCUT2D eigenvalue weighted by Crippen LogP contribution is 2.35. The normalized spacial score (nSPS) is 15.4. The molecule has 3 aromatic carbocycles. The summed E-state index contributed by atoms with van der Waals surface area (Å²) in [6, 6.07) is 21.6. The van der Waals surface area contributed by atoms with E-state index >= 15 is 0 Å². The van der Waals surface area contributed by atoms with Gasteiger partial charge in [-0.25, -0.2) is 4.90 Å². The zero-order valence-electron chi connectivity index (χ0n) is 19.0. The van der Waals surface area contributed by atoms with Gasteiger partial charge in [-0.1, -0.05) is 54.1 Å². The summed E-state index contributed by atoms with van der Waals surface area (Å²) in [7, 11) is 1.46. The fourth-order valence-electron chi connectivity index (χ4n) is 4.37. The van der Waals surface area contributed by atoms with E-state index < -0.39 is 11.8 Å². The van der Waals surface area contributed by atoms with E-state index in [0.29, 0.717) is 35.8 Å². The monoisotopic (exact) mass is 487 g/mol. The molecule has 176 valence electrons. The molecule has 0 fully saturated rings. The summed E-state index contributed by atoms with van der Waals surface area (Å²) in [5, 5.41) is 2.71. The van der Waals surface area contributed by atoms with Crippen LogP contribution in [0.3, 0.4) is 0 Å². The van der Waals surface area contributed by atoms with Crippen molar-refractivity contribution in [2.75, 3.05) is 23.9 Å². The summed E-state index contributed by atoms with van der Waals surface area (Å²) in [6.45, 7) is 1.18. The molecule has 35 heavy (non-hydrogen) atoms. The molecule has 8 heteroatoms. The summed E-state index contributed by atoms with van der Waals surface area (Å²) >= 11 is 6.27. The van der Waals surface area contributed by atoms with Gasteiger partial charge in [0.15, 0.2) is 0 Å². The van der Waals surface area contributed by atoms with Gasteiger partial charge in [0, 0.05) is 24.3 Å². The molecule has 5 rings (SSSR count). The topological polar surface area (TPSA) is 79.0 Å².